The van der Waals surface area contributed by atoms with Gasteiger partial charge in [-0.2, -0.15) is 0 Å². The highest BCUT2D eigenvalue weighted by atomic mass is 127. The number of rotatable bonds is 3. The first-order valence-electron chi connectivity index (χ1n) is 5.34. The van der Waals surface area contributed by atoms with Crippen molar-refractivity contribution in [3.8, 4) is 0 Å². The summed E-state index contributed by atoms with van der Waals surface area (Å²) >= 11 is 10.3. The molecule has 4 heteroatoms. The van der Waals surface area contributed by atoms with Crippen LogP contribution in [0.1, 0.15) is 22.7 Å². The first-order valence-corrected chi connectivity index (χ1v) is 7.61. The van der Waals surface area contributed by atoms with Crippen LogP contribution in [-0.4, -0.2) is 0 Å². The third kappa shape index (κ3) is 3.36. The maximum Gasteiger partial charge on any atom is 0.0638 e. The van der Waals surface area contributed by atoms with Gasteiger partial charge in [-0.3, -0.25) is 0 Å². The minimum Gasteiger partial charge on any atom is -0.376 e. The van der Waals surface area contributed by atoms with Gasteiger partial charge in [0.05, 0.1) is 16.8 Å². The van der Waals surface area contributed by atoms with Crippen LogP contribution in [0.15, 0.2) is 30.3 Å². The van der Waals surface area contributed by atoms with E-state index < -0.39 is 0 Å². The van der Waals surface area contributed by atoms with Gasteiger partial charge >= 0.3 is 0 Å². The van der Waals surface area contributed by atoms with Gasteiger partial charge in [0.25, 0.3) is 0 Å². The number of thiophene rings is 1. The van der Waals surface area contributed by atoms with Crippen LogP contribution >= 0.6 is 45.5 Å². The van der Waals surface area contributed by atoms with Crippen molar-refractivity contribution in [1.82, 2.24) is 0 Å². The fourth-order valence-electron chi connectivity index (χ4n) is 1.60. The van der Waals surface area contributed by atoms with Crippen molar-refractivity contribution >= 4 is 51.2 Å². The summed E-state index contributed by atoms with van der Waals surface area (Å²) in [7, 11) is 0. The largest absolute Gasteiger partial charge is 0.376 e. The first kappa shape index (κ1) is 13.2. The Bertz CT molecular complexity index is 524. The summed E-state index contributed by atoms with van der Waals surface area (Å²) in [5, 5.41) is 4.22. The number of nitrogens with one attached hydrogen (secondary N) is 1. The second-order valence-corrected chi connectivity index (χ2v) is 6.91. The maximum absolute atomic E-state index is 6.17. The predicted octanol–water partition coefficient (Wildman–Crippen LogP) is 5.49. The van der Waals surface area contributed by atoms with Crippen molar-refractivity contribution in [3.63, 3.8) is 0 Å². The summed E-state index contributed by atoms with van der Waals surface area (Å²) in [4.78, 5) is 2.67. The van der Waals surface area contributed by atoms with Crippen LogP contribution in [0.3, 0.4) is 0 Å². The van der Waals surface area contributed by atoms with Gasteiger partial charge in [0.15, 0.2) is 0 Å². The summed E-state index contributed by atoms with van der Waals surface area (Å²) in [5.41, 5.74) is 0.997. The molecule has 0 aliphatic carbocycles. The van der Waals surface area contributed by atoms with E-state index in [0.717, 1.165) is 10.7 Å². The van der Waals surface area contributed by atoms with Crippen LogP contribution in [0.25, 0.3) is 0 Å². The summed E-state index contributed by atoms with van der Waals surface area (Å²) in [5.74, 6) is 0. The fourth-order valence-corrected chi connectivity index (χ4v) is 3.14. The number of anilines is 1. The van der Waals surface area contributed by atoms with E-state index in [1.165, 1.54) is 13.3 Å². The number of benzene rings is 1. The lowest BCUT2D eigenvalue weighted by Crippen LogP contribution is -2.05. The van der Waals surface area contributed by atoms with Gasteiger partial charge in [-0.15, -0.1) is 11.3 Å². The van der Waals surface area contributed by atoms with Gasteiger partial charge in [0, 0.05) is 13.3 Å². The molecule has 90 valence electrons. The van der Waals surface area contributed by atoms with Crippen LogP contribution in [0.2, 0.25) is 5.02 Å². The molecule has 1 nitrogen and oxygen atoms in total. The molecular formula is C13H13ClINS. The normalized spacial score (nSPS) is 12.5. The molecular weight excluding hydrogens is 365 g/mol. The van der Waals surface area contributed by atoms with E-state index in [9.17, 15) is 0 Å². The van der Waals surface area contributed by atoms with Crippen LogP contribution < -0.4 is 5.32 Å². The zero-order valence-corrected chi connectivity index (χ0v) is 13.4. The molecule has 17 heavy (non-hydrogen) atoms. The van der Waals surface area contributed by atoms with E-state index in [0.29, 0.717) is 0 Å². The summed E-state index contributed by atoms with van der Waals surface area (Å²) < 4.78 is 1.18. The molecule has 1 atom stereocenters. The number of hydrogen-bond acceptors (Lipinski definition) is 2. The smallest absolute Gasteiger partial charge is 0.0638 e. The summed E-state index contributed by atoms with van der Waals surface area (Å²) in [6.45, 7) is 4.28. The van der Waals surface area contributed by atoms with E-state index in [1.54, 1.807) is 0 Å². The molecule has 0 saturated carbocycles. The molecule has 0 aliphatic rings. The number of halogens is 2. The van der Waals surface area contributed by atoms with Crippen molar-refractivity contribution in [2.45, 2.75) is 19.9 Å². The summed E-state index contributed by atoms with van der Waals surface area (Å²) in [6, 6.07) is 10.6. The molecule has 2 rings (SSSR count). The highest BCUT2D eigenvalue weighted by Gasteiger charge is 2.09. The Balaban J connectivity index is 2.18. The molecule has 1 heterocycles. The van der Waals surface area contributed by atoms with E-state index >= 15 is 0 Å². The average molecular weight is 378 g/mol. The van der Waals surface area contributed by atoms with Crippen molar-refractivity contribution < 1.29 is 0 Å². The second kappa shape index (κ2) is 5.59. The molecule has 1 unspecified atom stereocenters. The van der Waals surface area contributed by atoms with Gasteiger partial charge in [0.2, 0.25) is 0 Å². The molecule has 0 aliphatic heterocycles. The van der Waals surface area contributed by atoms with E-state index in [1.807, 2.05) is 23.5 Å². The topological polar surface area (TPSA) is 12.0 Å². The van der Waals surface area contributed by atoms with Crippen molar-refractivity contribution in [2.75, 3.05) is 5.32 Å². The zero-order chi connectivity index (χ0) is 12.4. The standard InChI is InChI=1S/C13H13ClINS/c1-8-3-6-13(17-8)9(2)16-12-7-10(15)4-5-11(12)14/h3-7,9,16H,1-2H3. The van der Waals surface area contributed by atoms with Crippen molar-refractivity contribution in [1.29, 1.82) is 0 Å². The van der Waals surface area contributed by atoms with E-state index in [-0.39, 0.29) is 6.04 Å². The molecule has 0 fully saturated rings. The van der Waals surface area contributed by atoms with E-state index in [4.69, 9.17) is 11.6 Å². The minimum atomic E-state index is 0.282. The third-order valence-electron chi connectivity index (χ3n) is 2.49. The van der Waals surface area contributed by atoms with Gasteiger partial charge < -0.3 is 5.32 Å². The van der Waals surface area contributed by atoms with Gasteiger partial charge in [0.1, 0.15) is 0 Å². The van der Waals surface area contributed by atoms with Crippen LogP contribution in [0.4, 0.5) is 5.69 Å². The minimum absolute atomic E-state index is 0.282. The van der Waals surface area contributed by atoms with Gasteiger partial charge in [-0.1, -0.05) is 11.6 Å². The second-order valence-electron chi connectivity index (χ2n) is 3.94. The molecule has 1 aromatic heterocycles. The van der Waals surface area contributed by atoms with Crippen LogP contribution in [-0.2, 0) is 0 Å². The number of hydrogen-bond donors (Lipinski definition) is 1. The average Bonchev–Trinajstić information content (AvgIpc) is 2.70. The SMILES string of the molecule is Cc1ccc(C(C)Nc2cc(I)ccc2Cl)s1. The Hall–Kier alpha value is -0.260. The molecule has 0 radical (unpaired) electrons. The van der Waals surface area contributed by atoms with E-state index in [2.05, 4.69) is 60.0 Å². The molecule has 1 N–H and O–H groups in total. The van der Waals surface area contributed by atoms with Crippen molar-refractivity contribution in [3.05, 3.63) is 48.7 Å². The monoisotopic (exact) mass is 377 g/mol. The lowest BCUT2D eigenvalue weighted by atomic mass is 10.2. The quantitative estimate of drug-likeness (QED) is 0.698. The Morgan fingerprint density at radius 3 is 2.71 bits per heavy atom. The van der Waals surface area contributed by atoms with Crippen LogP contribution in [0.5, 0.6) is 0 Å². The molecule has 0 spiro atoms. The van der Waals surface area contributed by atoms with Crippen LogP contribution in [0, 0.1) is 10.5 Å². The predicted molar refractivity (Wildman–Crippen MR) is 85.3 cm³/mol. The summed E-state index contributed by atoms with van der Waals surface area (Å²) in [6.07, 6.45) is 0. The highest BCUT2D eigenvalue weighted by molar-refractivity contribution is 14.1. The maximum atomic E-state index is 6.17. The highest BCUT2D eigenvalue weighted by Crippen LogP contribution is 2.30. The number of aryl methyl sites for hydroxylation is 1. The Kier molecular flexibility index (Phi) is 4.33. The van der Waals surface area contributed by atoms with Gasteiger partial charge in [-0.25, -0.2) is 0 Å². The molecule has 2 aromatic rings. The molecule has 0 saturated heterocycles. The van der Waals surface area contributed by atoms with Crippen molar-refractivity contribution in [2.24, 2.45) is 0 Å². The molecule has 0 amide bonds. The fraction of sp³-hybridized carbons (Fsp3) is 0.231. The Morgan fingerprint density at radius 1 is 1.29 bits per heavy atom. The Labute approximate surface area is 124 Å². The zero-order valence-electron chi connectivity index (χ0n) is 9.63. The van der Waals surface area contributed by atoms with Gasteiger partial charge in [-0.05, 0) is 66.8 Å². The first-order chi connectivity index (χ1) is 8.06. The molecule has 0 bridgehead atoms. The third-order valence-corrected chi connectivity index (χ3v) is 4.67. The Morgan fingerprint density at radius 2 is 2.06 bits per heavy atom. The lowest BCUT2D eigenvalue weighted by molar-refractivity contribution is 0.908. The molecule has 1 aromatic carbocycles. The lowest BCUT2D eigenvalue weighted by Gasteiger charge is -2.15.